The van der Waals surface area contributed by atoms with Crippen molar-refractivity contribution in [3.05, 3.63) is 64.7 Å². The second-order valence-electron chi connectivity index (χ2n) is 4.30. The van der Waals surface area contributed by atoms with Gasteiger partial charge in [-0.2, -0.15) is 0 Å². The van der Waals surface area contributed by atoms with Crippen molar-refractivity contribution in [1.29, 1.82) is 0 Å². The lowest BCUT2D eigenvalue weighted by molar-refractivity contribution is 0.0993. The summed E-state index contributed by atoms with van der Waals surface area (Å²) in [7, 11) is 0. The SMILES string of the molecule is O=C(Cc1ccc(Br)cn1)c1cccc2nccnc12. The number of carbonyl (C=O) groups is 1. The molecule has 0 aliphatic heterocycles. The van der Waals surface area contributed by atoms with E-state index in [-0.39, 0.29) is 12.2 Å². The first-order chi connectivity index (χ1) is 9.74. The molecule has 2 aromatic heterocycles. The molecule has 3 rings (SSSR count). The molecule has 0 aliphatic rings. The summed E-state index contributed by atoms with van der Waals surface area (Å²) in [6, 6.07) is 9.14. The van der Waals surface area contributed by atoms with Crippen LogP contribution in [0, 0.1) is 0 Å². The normalized spacial score (nSPS) is 10.7. The number of benzene rings is 1. The standard InChI is InChI=1S/C15H10BrN3O/c16-10-4-5-11(19-9-10)8-14(20)12-2-1-3-13-15(12)18-7-6-17-13/h1-7,9H,8H2. The Morgan fingerprint density at radius 2 is 1.90 bits per heavy atom. The molecule has 0 radical (unpaired) electrons. The molecule has 0 saturated heterocycles. The second kappa shape index (κ2) is 5.46. The lowest BCUT2D eigenvalue weighted by atomic mass is 10.0. The van der Waals surface area contributed by atoms with Gasteiger partial charge in [0.15, 0.2) is 5.78 Å². The van der Waals surface area contributed by atoms with Crippen molar-refractivity contribution in [2.45, 2.75) is 6.42 Å². The van der Waals surface area contributed by atoms with Crippen molar-refractivity contribution in [1.82, 2.24) is 15.0 Å². The van der Waals surface area contributed by atoms with Gasteiger partial charge in [-0.1, -0.05) is 6.07 Å². The maximum absolute atomic E-state index is 12.4. The predicted molar refractivity (Wildman–Crippen MR) is 79.5 cm³/mol. The number of hydrogen-bond acceptors (Lipinski definition) is 4. The minimum Gasteiger partial charge on any atom is -0.294 e. The molecule has 0 bridgehead atoms. The summed E-state index contributed by atoms with van der Waals surface area (Å²) in [5, 5.41) is 0. The van der Waals surface area contributed by atoms with Crippen LogP contribution in [0.2, 0.25) is 0 Å². The molecule has 2 heterocycles. The van der Waals surface area contributed by atoms with Crippen LogP contribution >= 0.6 is 15.9 Å². The molecule has 0 saturated carbocycles. The van der Waals surface area contributed by atoms with E-state index in [4.69, 9.17) is 0 Å². The Morgan fingerprint density at radius 3 is 2.70 bits per heavy atom. The Kier molecular flexibility index (Phi) is 3.52. The molecule has 0 fully saturated rings. The van der Waals surface area contributed by atoms with Crippen molar-refractivity contribution >= 4 is 32.7 Å². The number of halogens is 1. The summed E-state index contributed by atoms with van der Waals surface area (Å²) < 4.78 is 0.893. The smallest absolute Gasteiger partial charge is 0.171 e. The third-order valence-electron chi connectivity index (χ3n) is 2.93. The molecular weight excluding hydrogens is 318 g/mol. The van der Waals surface area contributed by atoms with Gasteiger partial charge in [-0.25, -0.2) is 0 Å². The van der Waals surface area contributed by atoms with E-state index < -0.39 is 0 Å². The van der Waals surface area contributed by atoms with Crippen LogP contribution in [0.3, 0.4) is 0 Å². The van der Waals surface area contributed by atoms with Gasteiger partial charge >= 0.3 is 0 Å². The minimum absolute atomic E-state index is 0.00841. The fourth-order valence-electron chi connectivity index (χ4n) is 1.99. The number of nitrogens with zero attached hydrogens (tertiary/aromatic N) is 3. The van der Waals surface area contributed by atoms with Gasteiger partial charge < -0.3 is 0 Å². The highest BCUT2D eigenvalue weighted by Gasteiger charge is 2.12. The van der Waals surface area contributed by atoms with Crippen LogP contribution in [0.1, 0.15) is 16.1 Å². The molecule has 20 heavy (non-hydrogen) atoms. The Morgan fingerprint density at radius 1 is 1.05 bits per heavy atom. The minimum atomic E-state index is -0.00841. The quantitative estimate of drug-likeness (QED) is 0.693. The second-order valence-corrected chi connectivity index (χ2v) is 5.21. The summed E-state index contributed by atoms with van der Waals surface area (Å²) in [4.78, 5) is 25.1. The molecule has 5 heteroatoms. The summed E-state index contributed by atoms with van der Waals surface area (Å²) in [5.41, 5.74) is 2.68. The molecule has 3 aromatic rings. The van der Waals surface area contributed by atoms with Gasteiger partial charge in [0, 0.05) is 34.3 Å². The highest BCUT2D eigenvalue weighted by Crippen LogP contribution is 2.16. The molecule has 0 atom stereocenters. The van der Waals surface area contributed by atoms with Crippen molar-refractivity contribution in [2.24, 2.45) is 0 Å². The van der Waals surface area contributed by atoms with Crippen LogP contribution in [-0.2, 0) is 6.42 Å². The van der Waals surface area contributed by atoms with Gasteiger partial charge in [0.1, 0.15) is 0 Å². The lowest BCUT2D eigenvalue weighted by Crippen LogP contribution is -2.06. The van der Waals surface area contributed by atoms with Gasteiger partial charge in [-0.15, -0.1) is 0 Å². The van der Waals surface area contributed by atoms with E-state index in [9.17, 15) is 4.79 Å². The maximum Gasteiger partial charge on any atom is 0.171 e. The third-order valence-corrected chi connectivity index (χ3v) is 3.40. The molecule has 4 nitrogen and oxygen atoms in total. The van der Waals surface area contributed by atoms with E-state index in [2.05, 4.69) is 30.9 Å². The number of rotatable bonds is 3. The molecule has 0 N–H and O–H groups in total. The van der Waals surface area contributed by atoms with Crippen molar-refractivity contribution in [3.8, 4) is 0 Å². The number of hydrogen-bond donors (Lipinski definition) is 0. The summed E-state index contributed by atoms with van der Waals surface area (Å²) in [5.74, 6) is -0.00841. The van der Waals surface area contributed by atoms with Gasteiger partial charge in [0.05, 0.1) is 17.5 Å². The maximum atomic E-state index is 12.4. The number of para-hydroxylation sites is 1. The molecule has 0 spiro atoms. The van der Waals surface area contributed by atoms with Crippen LogP contribution in [0.25, 0.3) is 11.0 Å². The largest absolute Gasteiger partial charge is 0.294 e. The molecular formula is C15H10BrN3O. The fourth-order valence-corrected chi connectivity index (χ4v) is 2.22. The van der Waals surface area contributed by atoms with Crippen LogP contribution < -0.4 is 0 Å². The first kappa shape index (κ1) is 12.9. The summed E-state index contributed by atoms with van der Waals surface area (Å²) in [6.45, 7) is 0. The topological polar surface area (TPSA) is 55.7 Å². The third kappa shape index (κ3) is 2.58. The number of ketones is 1. The van der Waals surface area contributed by atoms with E-state index in [0.717, 1.165) is 15.7 Å². The summed E-state index contributed by atoms with van der Waals surface area (Å²) >= 11 is 3.32. The first-order valence-corrected chi connectivity index (χ1v) is 6.87. The van der Waals surface area contributed by atoms with E-state index >= 15 is 0 Å². The van der Waals surface area contributed by atoms with Crippen molar-refractivity contribution in [3.63, 3.8) is 0 Å². The fraction of sp³-hybridized carbons (Fsp3) is 0.0667. The number of fused-ring (bicyclic) bond motifs is 1. The van der Waals surface area contributed by atoms with E-state index in [1.54, 1.807) is 24.7 Å². The average Bonchev–Trinajstić information content (AvgIpc) is 2.49. The molecule has 1 aromatic carbocycles. The molecule has 98 valence electrons. The van der Waals surface area contributed by atoms with Gasteiger partial charge in [-0.05, 0) is 40.2 Å². The van der Waals surface area contributed by atoms with E-state index in [1.165, 1.54) is 0 Å². The van der Waals surface area contributed by atoms with Gasteiger partial charge in [-0.3, -0.25) is 19.7 Å². The van der Waals surface area contributed by atoms with Gasteiger partial charge in [0.2, 0.25) is 0 Å². The monoisotopic (exact) mass is 327 g/mol. The van der Waals surface area contributed by atoms with Crippen molar-refractivity contribution < 1.29 is 4.79 Å². The molecule has 0 aliphatic carbocycles. The Bertz CT molecular complexity index is 766. The number of pyridine rings is 1. The summed E-state index contributed by atoms with van der Waals surface area (Å²) in [6.07, 6.45) is 5.15. The Labute approximate surface area is 124 Å². The highest BCUT2D eigenvalue weighted by atomic mass is 79.9. The van der Waals surface area contributed by atoms with Gasteiger partial charge in [0.25, 0.3) is 0 Å². The van der Waals surface area contributed by atoms with Crippen molar-refractivity contribution in [2.75, 3.05) is 0 Å². The number of carbonyl (C=O) groups excluding carboxylic acids is 1. The zero-order chi connectivity index (χ0) is 13.9. The number of Topliss-reactive ketones (excluding diaryl/α,β-unsaturated/α-hetero) is 1. The van der Waals surface area contributed by atoms with E-state index in [1.807, 2.05) is 24.3 Å². The first-order valence-electron chi connectivity index (χ1n) is 6.07. The highest BCUT2D eigenvalue weighted by molar-refractivity contribution is 9.10. The van der Waals surface area contributed by atoms with Crippen LogP contribution in [0.15, 0.2) is 53.4 Å². The molecule has 0 amide bonds. The Balaban J connectivity index is 1.94. The average molecular weight is 328 g/mol. The predicted octanol–water partition coefficient (Wildman–Crippen LogP) is 3.21. The zero-order valence-electron chi connectivity index (χ0n) is 10.5. The van der Waals surface area contributed by atoms with Crippen LogP contribution in [-0.4, -0.2) is 20.7 Å². The Hall–Kier alpha value is -2.14. The van der Waals surface area contributed by atoms with Crippen LogP contribution in [0.5, 0.6) is 0 Å². The number of aromatic nitrogens is 3. The molecule has 0 unspecified atom stereocenters. The van der Waals surface area contributed by atoms with Crippen LogP contribution in [0.4, 0.5) is 0 Å². The zero-order valence-corrected chi connectivity index (χ0v) is 12.0. The van der Waals surface area contributed by atoms with E-state index in [0.29, 0.717) is 11.1 Å². The lowest BCUT2D eigenvalue weighted by Gasteiger charge is -2.04.